The number of thiophene rings is 1. The fourth-order valence-electron chi connectivity index (χ4n) is 2.84. The van der Waals surface area contributed by atoms with Gasteiger partial charge in [0.2, 0.25) is 5.78 Å². The second-order valence-corrected chi connectivity index (χ2v) is 7.38. The van der Waals surface area contributed by atoms with E-state index in [9.17, 15) is 14.7 Å². The molecule has 7 heteroatoms. The van der Waals surface area contributed by atoms with Crippen molar-refractivity contribution in [2.45, 2.75) is 6.04 Å². The van der Waals surface area contributed by atoms with Crippen molar-refractivity contribution in [1.29, 1.82) is 0 Å². The number of Topliss-reactive ketones (excluding diaryl/α,β-unsaturated/α-hetero) is 1. The molecule has 3 rings (SSSR count). The maximum atomic E-state index is 12.9. The first-order chi connectivity index (χ1) is 12.0. The molecule has 1 aromatic heterocycles. The van der Waals surface area contributed by atoms with Crippen LogP contribution >= 0.6 is 27.3 Å². The molecular formula is C18H16BrNO4S. The van der Waals surface area contributed by atoms with Crippen molar-refractivity contribution < 1.29 is 19.4 Å². The van der Waals surface area contributed by atoms with Gasteiger partial charge in [0, 0.05) is 18.1 Å². The fraction of sp³-hybridized carbons (Fsp3) is 0.222. The first-order valence-corrected chi connectivity index (χ1v) is 9.28. The summed E-state index contributed by atoms with van der Waals surface area (Å²) >= 11 is 4.67. The average molecular weight is 422 g/mol. The van der Waals surface area contributed by atoms with E-state index in [0.717, 1.165) is 10.0 Å². The highest BCUT2D eigenvalue weighted by molar-refractivity contribution is 9.10. The number of halogens is 1. The van der Waals surface area contributed by atoms with Crippen LogP contribution in [0.4, 0.5) is 0 Å². The molecule has 0 radical (unpaired) electrons. The number of nitrogens with zero attached hydrogens (tertiary/aromatic N) is 1. The van der Waals surface area contributed by atoms with Crippen molar-refractivity contribution in [3.63, 3.8) is 0 Å². The lowest BCUT2D eigenvalue weighted by Gasteiger charge is -2.26. The maximum absolute atomic E-state index is 12.9. The van der Waals surface area contributed by atoms with Crippen LogP contribution in [0.3, 0.4) is 0 Å². The van der Waals surface area contributed by atoms with Crippen LogP contribution < -0.4 is 0 Å². The van der Waals surface area contributed by atoms with Gasteiger partial charge in [-0.15, -0.1) is 11.3 Å². The van der Waals surface area contributed by atoms with Crippen LogP contribution in [0, 0.1) is 0 Å². The Balaban J connectivity index is 2.06. The molecule has 1 aliphatic heterocycles. The molecule has 0 bridgehead atoms. The minimum Gasteiger partial charge on any atom is -0.503 e. The number of rotatable bonds is 6. The molecule has 0 spiro atoms. The van der Waals surface area contributed by atoms with Gasteiger partial charge in [-0.05, 0) is 29.1 Å². The number of carbonyl (C=O) groups excluding carboxylic acids is 2. The van der Waals surface area contributed by atoms with Gasteiger partial charge in [-0.25, -0.2) is 0 Å². The molecule has 0 saturated carbocycles. The Kier molecular flexibility index (Phi) is 5.36. The van der Waals surface area contributed by atoms with Gasteiger partial charge >= 0.3 is 0 Å². The van der Waals surface area contributed by atoms with Crippen molar-refractivity contribution in [1.82, 2.24) is 4.90 Å². The summed E-state index contributed by atoms with van der Waals surface area (Å²) in [6.45, 7) is 0.591. The summed E-state index contributed by atoms with van der Waals surface area (Å²) in [4.78, 5) is 27.4. The third-order valence-corrected chi connectivity index (χ3v) is 5.41. The molecule has 5 nitrogen and oxygen atoms in total. The Labute approximate surface area is 157 Å². The summed E-state index contributed by atoms with van der Waals surface area (Å²) in [5.41, 5.74) is 0.877. The predicted molar refractivity (Wildman–Crippen MR) is 98.8 cm³/mol. The van der Waals surface area contributed by atoms with Gasteiger partial charge in [-0.3, -0.25) is 9.59 Å². The molecule has 1 amide bonds. The van der Waals surface area contributed by atoms with Crippen LogP contribution in [0.2, 0.25) is 0 Å². The molecule has 0 aliphatic carbocycles. The number of methoxy groups -OCH3 is 1. The van der Waals surface area contributed by atoms with E-state index in [-0.39, 0.29) is 17.9 Å². The molecule has 2 aromatic rings. The van der Waals surface area contributed by atoms with Crippen LogP contribution in [0.1, 0.15) is 21.3 Å². The van der Waals surface area contributed by atoms with Crippen molar-refractivity contribution in [3.05, 3.63) is 68.0 Å². The second-order valence-electron chi connectivity index (χ2n) is 5.51. The molecule has 130 valence electrons. The molecule has 2 heterocycles. The van der Waals surface area contributed by atoms with Crippen LogP contribution in [0.25, 0.3) is 0 Å². The first-order valence-electron chi connectivity index (χ1n) is 7.61. The Morgan fingerprint density at radius 2 is 2.04 bits per heavy atom. The predicted octanol–water partition coefficient (Wildman–Crippen LogP) is 3.74. The van der Waals surface area contributed by atoms with E-state index in [1.165, 1.54) is 16.2 Å². The fourth-order valence-corrected chi connectivity index (χ4v) is 3.78. The van der Waals surface area contributed by atoms with E-state index < -0.39 is 17.7 Å². The smallest absolute Gasteiger partial charge is 0.290 e. The zero-order valence-corrected chi connectivity index (χ0v) is 15.8. The lowest BCUT2D eigenvalue weighted by Crippen LogP contribution is -2.33. The van der Waals surface area contributed by atoms with Crippen LogP contribution in [-0.4, -0.2) is 42.0 Å². The maximum Gasteiger partial charge on any atom is 0.290 e. The molecular weight excluding hydrogens is 406 g/mol. The van der Waals surface area contributed by atoms with Crippen molar-refractivity contribution in [2.24, 2.45) is 0 Å². The third kappa shape index (κ3) is 3.40. The summed E-state index contributed by atoms with van der Waals surface area (Å²) in [6.07, 6.45) is 0. The van der Waals surface area contributed by atoms with Gasteiger partial charge < -0.3 is 14.7 Å². The standard InChI is InChI=1S/C18H16BrNO4S/c1-24-9-8-20-15(11-4-6-12(19)7-5-11)14(17(22)18(20)23)16(21)13-3-2-10-25-13/h2-7,10,15,22H,8-9H2,1H3. The molecule has 1 aliphatic rings. The highest BCUT2D eigenvalue weighted by Gasteiger charge is 2.43. The average Bonchev–Trinajstić information content (AvgIpc) is 3.22. The van der Waals surface area contributed by atoms with E-state index in [1.807, 2.05) is 24.3 Å². The summed E-state index contributed by atoms with van der Waals surface area (Å²) in [7, 11) is 1.54. The van der Waals surface area contributed by atoms with Crippen LogP contribution in [0.15, 0.2) is 57.6 Å². The SMILES string of the molecule is COCCN1C(=O)C(O)=C(C(=O)c2cccs2)C1c1ccc(Br)cc1. The number of hydrogen-bond acceptors (Lipinski definition) is 5. The zero-order chi connectivity index (χ0) is 18.0. The van der Waals surface area contributed by atoms with Gasteiger partial charge in [-0.1, -0.05) is 34.1 Å². The molecule has 0 fully saturated rings. The number of ketones is 1. The quantitative estimate of drug-likeness (QED) is 0.721. The van der Waals surface area contributed by atoms with Gasteiger partial charge in [0.15, 0.2) is 5.76 Å². The summed E-state index contributed by atoms with van der Waals surface area (Å²) in [5.74, 6) is -1.36. The van der Waals surface area contributed by atoms with E-state index in [1.54, 1.807) is 24.6 Å². The van der Waals surface area contributed by atoms with Gasteiger partial charge in [-0.2, -0.15) is 0 Å². The number of ether oxygens (including phenoxy) is 1. The van der Waals surface area contributed by atoms with E-state index in [4.69, 9.17) is 4.74 Å². The largest absolute Gasteiger partial charge is 0.503 e. The highest BCUT2D eigenvalue weighted by atomic mass is 79.9. The highest BCUT2D eigenvalue weighted by Crippen LogP contribution is 2.39. The first kappa shape index (κ1) is 17.8. The van der Waals surface area contributed by atoms with Gasteiger partial charge in [0.1, 0.15) is 0 Å². The Hall–Kier alpha value is -1.96. The second kappa shape index (κ2) is 7.51. The number of benzene rings is 1. The number of aliphatic hydroxyl groups excluding tert-OH is 1. The zero-order valence-electron chi connectivity index (χ0n) is 13.4. The van der Waals surface area contributed by atoms with Crippen molar-refractivity contribution in [2.75, 3.05) is 20.3 Å². The minimum atomic E-state index is -0.634. The number of amides is 1. The lowest BCUT2D eigenvalue weighted by molar-refractivity contribution is -0.130. The Morgan fingerprint density at radius 3 is 2.64 bits per heavy atom. The molecule has 1 N–H and O–H groups in total. The topological polar surface area (TPSA) is 66.8 Å². The van der Waals surface area contributed by atoms with Crippen LogP contribution in [-0.2, 0) is 9.53 Å². The Bertz CT molecular complexity index is 814. The lowest BCUT2D eigenvalue weighted by atomic mass is 9.95. The van der Waals surface area contributed by atoms with E-state index >= 15 is 0 Å². The van der Waals surface area contributed by atoms with Gasteiger partial charge in [0.25, 0.3) is 5.91 Å². The molecule has 0 saturated heterocycles. The Morgan fingerprint density at radius 1 is 1.32 bits per heavy atom. The van der Waals surface area contributed by atoms with Crippen molar-refractivity contribution in [3.8, 4) is 0 Å². The van der Waals surface area contributed by atoms with E-state index in [0.29, 0.717) is 11.5 Å². The summed E-state index contributed by atoms with van der Waals surface area (Å²) in [5, 5.41) is 12.2. The third-order valence-electron chi connectivity index (χ3n) is 4.02. The minimum absolute atomic E-state index is 0.117. The monoisotopic (exact) mass is 421 g/mol. The molecule has 1 unspecified atom stereocenters. The van der Waals surface area contributed by atoms with Gasteiger partial charge in [0.05, 0.1) is 23.1 Å². The molecule has 1 atom stereocenters. The summed E-state index contributed by atoms with van der Waals surface area (Å²) < 4.78 is 5.97. The number of aliphatic hydroxyl groups is 1. The van der Waals surface area contributed by atoms with Crippen LogP contribution in [0.5, 0.6) is 0 Å². The number of carbonyl (C=O) groups is 2. The normalized spacial score (nSPS) is 17.4. The molecule has 25 heavy (non-hydrogen) atoms. The molecule has 1 aromatic carbocycles. The summed E-state index contributed by atoms with van der Waals surface area (Å²) in [6, 6.07) is 10.2. The van der Waals surface area contributed by atoms with Crippen molar-refractivity contribution >= 4 is 39.0 Å². The van der Waals surface area contributed by atoms with E-state index in [2.05, 4.69) is 15.9 Å². The number of hydrogen-bond donors (Lipinski definition) is 1.